The van der Waals surface area contributed by atoms with Gasteiger partial charge in [0.2, 0.25) is 5.91 Å². The number of halogens is 1. The van der Waals surface area contributed by atoms with E-state index in [2.05, 4.69) is 5.32 Å². The molecule has 118 valence electrons. The maximum atomic E-state index is 12.8. The summed E-state index contributed by atoms with van der Waals surface area (Å²) in [4.78, 5) is 13.7. The lowest BCUT2D eigenvalue weighted by Gasteiger charge is -2.14. The molecule has 1 aromatic heterocycles. The summed E-state index contributed by atoms with van der Waals surface area (Å²) in [5.41, 5.74) is 1.00. The summed E-state index contributed by atoms with van der Waals surface area (Å²) in [6, 6.07) is 10.1. The number of aryl methyl sites for hydroxylation is 1. The summed E-state index contributed by atoms with van der Waals surface area (Å²) >= 11 is 0. The first-order valence-electron chi connectivity index (χ1n) is 7.28. The minimum absolute atomic E-state index is 0.0344. The van der Waals surface area contributed by atoms with Crippen LogP contribution in [0.1, 0.15) is 17.1 Å². The second-order valence-electron chi connectivity index (χ2n) is 5.41. The fourth-order valence-corrected chi connectivity index (χ4v) is 2.19. The molecule has 0 fully saturated rings. The molecule has 1 heterocycles. The Kier molecular flexibility index (Phi) is 5.72. The van der Waals surface area contributed by atoms with Gasteiger partial charge in [0, 0.05) is 6.54 Å². The number of hydrogen-bond acceptors (Lipinski definition) is 3. The molecule has 22 heavy (non-hydrogen) atoms. The summed E-state index contributed by atoms with van der Waals surface area (Å²) < 4.78 is 18.3. The van der Waals surface area contributed by atoms with E-state index >= 15 is 0 Å². The highest BCUT2D eigenvalue weighted by atomic mass is 19.1. The van der Waals surface area contributed by atoms with Crippen LogP contribution in [-0.4, -0.2) is 30.9 Å². The van der Waals surface area contributed by atoms with Gasteiger partial charge in [-0.3, -0.25) is 9.69 Å². The topological polar surface area (TPSA) is 45.5 Å². The van der Waals surface area contributed by atoms with E-state index < -0.39 is 0 Å². The van der Waals surface area contributed by atoms with Gasteiger partial charge in [-0.15, -0.1) is 0 Å². The number of amides is 1. The van der Waals surface area contributed by atoms with Crippen molar-refractivity contribution in [3.05, 3.63) is 59.3 Å². The molecular formula is C17H21FN2O2. The molecule has 0 aliphatic rings. The smallest absolute Gasteiger partial charge is 0.234 e. The lowest BCUT2D eigenvalue weighted by Crippen LogP contribution is -2.35. The van der Waals surface area contributed by atoms with Crippen molar-refractivity contribution in [3.8, 4) is 0 Å². The number of carbonyl (C=O) groups excluding carboxylic acids is 1. The molecule has 4 nitrogen and oxygen atoms in total. The van der Waals surface area contributed by atoms with Crippen LogP contribution >= 0.6 is 0 Å². The van der Waals surface area contributed by atoms with Crippen molar-refractivity contribution in [1.29, 1.82) is 0 Å². The standard InChI is InChI=1S/C17H21FN2O2/c1-13-3-8-16(22-13)11-20(2)12-17(21)19-10-9-14-4-6-15(18)7-5-14/h3-8H,9-12H2,1-2H3,(H,19,21). The highest BCUT2D eigenvalue weighted by Crippen LogP contribution is 2.08. The van der Waals surface area contributed by atoms with Crippen LogP contribution in [0.2, 0.25) is 0 Å². The lowest BCUT2D eigenvalue weighted by atomic mass is 10.1. The van der Waals surface area contributed by atoms with Crippen molar-refractivity contribution in [2.75, 3.05) is 20.1 Å². The predicted octanol–water partition coefficient (Wildman–Crippen LogP) is 2.52. The van der Waals surface area contributed by atoms with Crippen molar-refractivity contribution >= 4 is 5.91 Å². The van der Waals surface area contributed by atoms with Crippen LogP contribution in [-0.2, 0) is 17.8 Å². The second-order valence-corrected chi connectivity index (χ2v) is 5.41. The van der Waals surface area contributed by atoms with Crippen LogP contribution in [0.5, 0.6) is 0 Å². The van der Waals surface area contributed by atoms with E-state index in [0.29, 0.717) is 26.1 Å². The highest BCUT2D eigenvalue weighted by molar-refractivity contribution is 5.77. The average Bonchev–Trinajstić information content (AvgIpc) is 2.86. The molecule has 0 atom stereocenters. The number of likely N-dealkylation sites (N-methyl/N-ethyl adjacent to an activating group) is 1. The number of carbonyl (C=O) groups is 1. The number of nitrogens with zero attached hydrogens (tertiary/aromatic N) is 1. The molecule has 2 aromatic rings. The van der Waals surface area contributed by atoms with E-state index in [1.807, 2.05) is 31.0 Å². The molecule has 0 spiro atoms. The molecule has 1 amide bonds. The van der Waals surface area contributed by atoms with Gasteiger partial charge < -0.3 is 9.73 Å². The van der Waals surface area contributed by atoms with E-state index in [1.165, 1.54) is 12.1 Å². The third kappa shape index (κ3) is 5.33. The normalized spacial score (nSPS) is 10.9. The second kappa shape index (κ2) is 7.75. The number of furan rings is 1. The average molecular weight is 304 g/mol. The van der Waals surface area contributed by atoms with Gasteiger partial charge in [0.1, 0.15) is 17.3 Å². The number of benzene rings is 1. The minimum Gasteiger partial charge on any atom is -0.465 e. The van der Waals surface area contributed by atoms with Crippen molar-refractivity contribution in [1.82, 2.24) is 10.2 Å². The summed E-state index contributed by atoms with van der Waals surface area (Å²) in [5.74, 6) is 1.43. The molecule has 1 aromatic carbocycles. The van der Waals surface area contributed by atoms with Gasteiger partial charge in [0.05, 0.1) is 13.1 Å². The molecule has 5 heteroatoms. The van der Waals surface area contributed by atoms with Gasteiger partial charge in [-0.05, 0) is 50.2 Å². The van der Waals surface area contributed by atoms with Crippen molar-refractivity contribution in [2.45, 2.75) is 19.9 Å². The van der Waals surface area contributed by atoms with Crippen LogP contribution in [0.4, 0.5) is 4.39 Å². The van der Waals surface area contributed by atoms with Crippen LogP contribution in [0.15, 0.2) is 40.8 Å². The molecular weight excluding hydrogens is 283 g/mol. The Hall–Kier alpha value is -2.14. The van der Waals surface area contributed by atoms with Gasteiger partial charge in [-0.25, -0.2) is 4.39 Å². The fourth-order valence-electron chi connectivity index (χ4n) is 2.19. The maximum Gasteiger partial charge on any atom is 0.234 e. The molecule has 1 N–H and O–H groups in total. The Bertz CT molecular complexity index is 607. The fraction of sp³-hybridized carbons (Fsp3) is 0.353. The molecule has 0 aliphatic heterocycles. The third-order valence-electron chi connectivity index (χ3n) is 3.28. The Balaban J connectivity index is 1.67. The Morgan fingerprint density at radius 1 is 1.23 bits per heavy atom. The molecule has 0 saturated carbocycles. The van der Waals surface area contributed by atoms with E-state index in [4.69, 9.17) is 4.42 Å². The molecule has 2 rings (SSSR count). The van der Waals surface area contributed by atoms with Crippen LogP contribution in [0.3, 0.4) is 0 Å². The van der Waals surface area contributed by atoms with E-state index in [-0.39, 0.29) is 11.7 Å². The first-order chi connectivity index (χ1) is 10.5. The minimum atomic E-state index is -0.248. The molecule has 0 unspecified atom stereocenters. The zero-order valence-electron chi connectivity index (χ0n) is 12.9. The van der Waals surface area contributed by atoms with E-state index in [0.717, 1.165) is 17.1 Å². The SMILES string of the molecule is Cc1ccc(CN(C)CC(=O)NCCc2ccc(F)cc2)o1. The molecule has 0 bridgehead atoms. The van der Waals surface area contributed by atoms with Crippen molar-refractivity contribution < 1.29 is 13.6 Å². The predicted molar refractivity (Wildman–Crippen MR) is 82.9 cm³/mol. The summed E-state index contributed by atoms with van der Waals surface area (Å²) in [5, 5.41) is 2.86. The van der Waals surface area contributed by atoms with E-state index in [1.54, 1.807) is 12.1 Å². The number of nitrogens with one attached hydrogen (secondary N) is 1. The summed E-state index contributed by atoms with van der Waals surface area (Å²) in [6.45, 7) is 3.34. The molecule has 0 radical (unpaired) electrons. The number of hydrogen-bond donors (Lipinski definition) is 1. The quantitative estimate of drug-likeness (QED) is 0.855. The number of rotatable bonds is 7. The van der Waals surface area contributed by atoms with Gasteiger partial charge in [0.15, 0.2) is 0 Å². The summed E-state index contributed by atoms with van der Waals surface area (Å²) in [6.07, 6.45) is 0.688. The van der Waals surface area contributed by atoms with Gasteiger partial charge in [-0.2, -0.15) is 0 Å². The van der Waals surface area contributed by atoms with Crippen LogP contribution in [0, 0.1) is 12.7 Å². The first kappa shape index (κ1) is 16.2. The van der Waals surface area contributed by atoms with Crippen LogP contribution < -0.4 is 5.32 Å². The van der Waals surface area contributed by atoms with E-state index in [9.17, 15) is 9.18 Å². The van der Waals surface area contributed by atoms with Gasteiger partial charge in [-0.1, -0.05) is 12.1 Å². The highest BCUT2D eigenvalue weighted by Gasteiger charge is 2.08. The molecule has 0 saturated heterocycles. The Labute approximate surface area is 129 Å². The first-order valence-corrected chi connectivity index (χ1v) is 7.28. The lowest BCUT2D eigenvalue weighted by molar-refractivity contribution is -0.122. The monoisotopic (exact) mass is 304 g/mol. The zero-order valence-corrected chi connectivity index (χ0v) is 12.9. The third-order valence-corrected chi connectivity index (χ3v) is 3.28. The van der Waals surface area contributed by atoms with Crippen molar-refractivity contribution in [2.24, 2.45) is 0 Å². The summed E-state index contributed by atoms with van der Waals surface area (Å²) in [7, 11) is 1.87. The zero-order chi connectivity index (χ0) is 15.9. The van der Waals surface area contributed by atoms with Crippen molar-refractivity contribution in [3.63, 3.8) is 0 Å². The Morgan fingerprint density at radius 3 is 2.59 bits per heavy atom. The van der Waals surface area contributed by atoms with Gasteiger partial charge in [0.25, 0.3) is 0 Å². The van der Waals surface area contributed by atoms with Crippen LogP contribution in [0.25, 0.3) is 0 Å². The largest absolute Gasteiger partial charge is 0.465 e. The maximum absolute atomic E-state index is 12.8. The Morgan fingerprint density at radius 2 is 1.95 bits per heavy atom. The van der Waals surface area contributed by atoms with Gasteiger partial charge >= 0.3 is 0 Å². The molecule has 0 aliphatic carbocycles.